The van der Waals surface area contributed by atoms with Crippen molar-refractivity contribution in [2.45, 2.75) is 32.7 Å². The zero-order valence-electron chi connectivity index (χ0n) is 12.7. The highest BCUT2D eigenvalue weighted by Gasteiger charge is 2.19. The van der Waals surface area contributed by atoms with Crippen molar-refractivity contribution in [1.29, 1.82) is 5.26 Å². The summed E-state index contributed by atoms with van der Waals surface area (Å²) in [6.07, 6.45) is 3.62. The van der Waals surface area contributed by atoms with E-state index in [9.17, 15) is 4.39 Å². The molecule has 0 aliphatic carbocycles. The van der Waals surface area contributed by atoms with Crippen molar-refractivity contribution in [2.24, 2.45) is 5.92 Å². The minimum Gasteiger partial charge on any atom is -0.316 e. The molecule has 1 aliphatic heterocycles. The van der Waals surface area contributed by atoms with Gasteiger partial charge >= 0.3 is 0 Å². The van der Waals surface area contributed by atoms with Crippen LogP contribution in [0.4, 0.5) is 4.39 Å². The Bertz CT molecular complexity index is 495. The van der Waals surface area contributed by atoms with Gasteiger partial charge in [0.05, 0.1) is 11.6 Å². The summed E-state index contributed by atoms with van der Waals surface area (Å²) in [6.45, 7) is 7.16. The lowest BCUT2D eigenvalue weighted by molar-refractivity contribution is 0.165. The normalized spacial score (nSPS) is 19.4. The van der Waals surface area contributed by atoms with Crippen molar-refractivity contribution >= 4 is 0 Å². The fourth-order valence-electron chi connectivity index (χ4n) is 3.01. The molecule has 1 heterocycles. The molecule has 114 valence electrons. The Balaban J connectivity index is 1.90. The number of nitrogens with one attached hydrogen (secondary N) is 1. The molecule has 1 aromatic carbocycles. The average Bonchev–Trinajstić information content (AvgIpc) is 2.47. The van der Waals surface area contributed by atoms with Gasteiger partial charge in [0.15, 0.2) is 0 Å². The maximum Gasteiger partial charge on any atom is 0.124 e. The Hall–Kier alpha value is -1.44. The first-order chi connectivity index (χ1) is 10.2. The fourth-order valence-corrected chi connectivity index (χ4v) is 3.01. The van der Waals surface area contributed by atoms with Gasteiger partial charge in [0.25, 0.3) is 0 Å². The number of hydrogen-bond acceptors (Lipinski definition) is 3. The maximum absolute atomic E-state index is 13.5. The van der Waals surface area contributed by atoms with E-state index in [1.165, 1.54) is 18.9 Å². The lowest BCUT2D eigenvalue weighted by Gasteiger charge is -2.33. The second-order valence-corrected chi connectivity index (χ2v) is 5.91. The fraction of sp³-hybridized carbons (Fsp3) is 0.588. The maximum atomic E-state index is 13.5. The van der Waals surface area contributed by atoms with Gasteiger partial charge in [0.2, 0.25) is 0 Å². The van der Waals surface area contributed by atoms with E-state index in [-0.39, 0.29) is 5.82 Å². The third-order valence-corrected chi connectivity index (χ3v) is 3.96. The van der Waals surface area contributed by atoms with E-state index in [0.29, 0.717) is 11.5 Å². The smallest absolute Gasteiger partial charge is 0.124 e. The first-order valence-corrected chi connectivity index (χ1v) is 7.84. The van der Waals surface area contributed by atoms with E-state index >= 15 is 0 Å². The van der Waals surface area contributed by atoms with Gasteiger partial charge in [0.1, 0.15) is 5.82 Å². The largest absolute Gasteiger partial charge is 0.316 e. The lowest BCUT2D eigenvalue weighted by atomic mass is 9.97. The number of halogens is 1. The molecule has 1 aromatic rings. The lowest BCUT2D eigenvalue weighted by Crippen LogP contribution is -2.39. The predicted molar refractivity (Wildman–Crippen MR) is 82.3 cm³/mol. The topological polar surface area (TPSA) is 39.1 Å². The number of piperidine rings is 1. The summed E-state index contributed by atoms with van der Waals surface area (Å²) in [4.78, 5) is 2.37. The van der Waals surface area contributed by atoms with E-state index in [1.807, 2.05) is 6.07 Å². The monoisotopic (exact) mass is 289 g/mol. The second-order valence-electron chi connectivity index (χ2n) is 5.91. The zero-order valence-corrected chi connectivity index (χ0v) is 12.7. The molecule has 1 saturated heterocycles. The van der Waals surface area contributed by atoms with Crippen LogP contribution in [-0.4, -0.2) is 31.1 Å². The molecular weight excluding hydrogens is 265 g/mol. The number of benzene rings is 1. The third kappa shape index (κ3) is 5.11. The van der Waals surface area contributed by atoms with E-state index in [1.54, 1.807) is 12.1 Å². The van der Waals surface area contributed by atoms with Crippen LogP contribution < -0.4 is 5.32 Å². The summed E-state index contributed by atoms with van der Waals surface area (Å²) in [6, 6.07) is 6.64. The summed E-state index contributed by atoms with van der Waals surface area (Å²) in [5, 5.41) is 12.4. The van der Waals surface area contributed by atoms with Crippen LogP contribution in [0.15, 0.2) is 18.2 Å². The Morgan fingerprint density at radius 3 is 3.05 bits per heavy atom. The van der Waals surface area contributed by atoms with E-state index in [0.717, 1.165) is 44.7 Å². The van der Waals surface area contributed by atoms with Crippen LogP contribution in [-0.2, 0) is 6.54 Å². The van der Waals surface area contributed by atoms with Gasteiger partial charge in [-0.1, -0.05) is 6.92 Å². The first kappa shape index (κ1) is 15.9. The van der Waals surface area contributed by atoms with Crippen LogP contribution in [0.25, 0.3) is 0 Å². The van der Waals surface area contributed by atoms with Gasteiger partial charge in [-0.05, 0) is 68.6 Å². The summed E-state index contributed by atoms with van der Waals surface area (Å²) >= 11 is 0. The standard InChI is InChI=1S/C17H24FN3/c1-2-5-20-11-14-4-3-6-21(12-14)13-16-7-15(10-19)8-17(18)9-16/h7-9,14,20H,2-6,11-13H2,1H3. The molecule has 1 aliphatic rings. The summed E-state index contributed by atoms with van der Waals surface area (Å²) in [5.74, 6) is 0.358. The molecule has 1 unspecified atom stereocenters. The van der Waals surface area contributed by atoms with E-state index in [4.69, 9.17) is 5.26 Å². The van der Waals surface area contributed by atoms with Crippen molar-refractivity contribution in [2.75, 3.05) is 26.2 Å². The average molecular weight is 289 g/mol. The minimum atomic E-state index is -0.317. The van der Waals surface area contributed by atoms with Crippen LogP contribution in [0.3, 0.4) is 0 Å². The number of likely N-dealkylation sites (tertiary alicyclic amines) is 1. The minimum absolute atomic E-state index is 0.317. The molecule has 0 amide bonds. The van der Waals surface area contributed by atoms with Crippen LogP contribution in [0.1, 0.15) is 37.3 Å². The Morgan fingerprint density at radius 1 is 1.43 bits per heavy atom. The van der Waals surface area contributed by atoms with E-state index < -0.39 is 0 Å². The molecule has 1 N–H and O–H groups in total. The van der Waals surface area contributed by atoms with Crippen LogP contribution >= 0.6 is 0 Å². The number of hydrogen-bond donors (Lipinski definition) is 1. The highest BCUT2D eigenvalue weighted by Crippen LogP contribution is 2.19. The molecule has 0 saturated carbocycles. The summed E-state index contributed by atoms with van der Waals surface area (Å²) < 4.78 is 13.5. The van der Waals surface area contributed by atoms with Crippen molar-refractivity contribution in [3.05, 3.63) is 35.1 Å². The molecular formula is C17H24FN3. The molecule has 2 rings (SSSR count). The first-order valence-electron chi connectivity index (χ1n) is 7.84. The summed E-state index contributed by atoms with van der Waals surface area (Å²) in [7, 11) is 0. The third-order valence-electron chi connectivity index (χ3n) is 3.96. The molecule has 0 aromatic heterocycles. The number of nitriles is 1. The molecule has 0 spiro atoms. The van der Waals surface area contributed by atoms with Gasteiger partial charge in [-0.15, -0.1) is 0 Å². The second kappa shape index (κ2) is 8.11. The van der Waals surface area contributed by atoms with Crippen LogP contribution in [0.5, 0.6) is 0 Å². The van der Waals surface area contributed by atoms with Crippen molar-refractivity contribution in [3.63, 3.8) is 0 Å². The Morgan fingerprint density at radius 2 is 2.29 bits per heavy atom. The van der Waals surface area contributed by atoms with Gasteiger partial charge < -0.3 is 5.32 Å². The number of rotatable bonds is 6. The molecule has 0 radical (unpaired) electrons. The Labute approximate surface area is 126 Å². The van der Waals surface area contributed by atoms with Crippen molar-refractivity contribution < 1.29 is 4.39 Å². The van der Waals surface area contributed by atoms with Gasteiger partial charge in [-0.2, -0.15) is 5.26 Å². The zero-order chi connectivity index (χ0) is 15.1. The van der Waals surface area contributed by atoms with Gasteiger partial charge in [0, 0.05) is 13.1 Å². The molecule has 0 bridgehead atoms. The molecule has 1 atom stereocenters. The number of nitrogens with zero attached hydrogens (tertiary/aromatic N) is 2. The quantitative estimate of drug-likeness (QED) is 0.818. The predicted octanol–water partition coefficient (Wildman–Crippen LogP) is 2.91. The molecule has 1 fully saturated rings. The van der Waals surface area contributed by atoms with Crippen molar-refractivity contribution in [1.82, 2.24) is 10.2 Å². The van der Waals surface area contributed by atoms with Crippen LogP contribution in [0, 0.1) is 23.1 Å². The Kier molecular flexibility index (Phi) is 6.16. The van der Waals surface area contributed by atoms with Gasteiger partial charge in [-0.25, -0.2) is 4.39 Å². The SMILES string of the molecule is CCCNCC1CCCN(Cc2cc(F)cc(C#N)c2)C1. The highest BCUT2D eigenvalue weighted by molar-refractivity contribution is 5.33. The molecule has 21 heavy (non-hydrogen) atoms. The molecule has 3 nitrogen and oxygen atoms in total. The summed E-state index contributed by atoms with van der Waals surface area (Å²) in [5.41, 5.74) is 1.30. The van der Waals surface area contributed by atoms with Crippen molar-refractivity contribution in [3.8, 4) is 6.07 Å². The highest BCUT2D eigenvalue weighted by atomic mass is 19.1. The van der Waals surface area contributed by atoms with Gasteiger partial charge in [-0.3, -0.25) is 4.90 Å². The van der Waals surface area contributed by atoms with E-state index in [2.05, 4.69) is 17.1 Å². The van der Waals surface area contributed by atoms with Crippen LogP contribution in [0.2, 0.25) is 0 Å². The molecule has 4 heteroatoms.